The Hall–Kier alpha value is -2.30. The van der Waals surface area contributed by atoms with Crippen molar-refractivity contribution in [3.05, 3.63) is 24.0 Å². The predicted octanol–water partition coefficient (Wildman–Crippen LogP) is 0.851. The molecule has 0 unspecified atom stereocenters. The lowest BCUT2D eigenvalue weighted by atomic mass is 9.93. The van der Waals surface area contributed by atoms with E-state index in [1.165, 1.54) is 13.4 Å². The summed E-state index contributed by atoms with van der Waals surface area (Å²) in [5, 5.41) is 5.79. The van der Waals surface area contributed by atoms with Gasteiger partial charge in [0.1, 0.15) is 17.9 Å². The Morgan fingerprint density at radius 1 is 1.33 bits per heavy atom. The molecule has 0 atom stereocenters. The predicted molar refractivity (Wildman–Crippen MR) is 102 cm³/mol. The summed E-state index contributed by atoms with van der Waals surface area (Å²) in [7, 11) is -2.10. The maximum absolute atomic E-state index is 11.2. The Morgan fingerprint density at radius 2 is 2.07 bits per heavy atom. The highest BCUT2D eigenvalue weighted by Crippen LogP contribution is 2.32. The number of hydrogen-bond donors (Lipinski definition) is 2. The van der Waals surface area contributed by atoms with E-state index in [4.69, 9.17) is 9.88 Å². The number of aldehydes is 1. The van der Waals surface area contributed by atoms with Crippen LogP contribution in [0.25, 0.3) is 10.9 Å². The number of hydrogen-bond acceptors (Lipinski definition) is 7. The van der Waals surface area contributed by atoms with Gasteiger partial charge < -0.3 is 9.64 Å². The number of carbonyl (C=O) groups is 1. The number of methoxy groups -OCH3 is 1. The van der Waals surface area contributed by atoms with Gasteiger partial charge in [0.2, 0.25) is 0 Å². The van der Waals surface area contributed by atoms with Crippen molar-refractivity contribution in [2.45, 2.75) is 19.3 Å². The zero-order chi connectivity index (χ0) is 19.4. The largest absolute Gasteiger partial charge is 0.496 e. The molecule has 10 heteroatoms. The van der Waals surface area contributed by atoms with Gasteiger partial charge in [0.15, 0.2) is 6.29 Å². The third kappa shape index (κ3) is 4.71. The Morgan fingerprint density at radius 3 is 2.70 bits per heavy atom. The highest BCUT2D eigenvalue weighted by molar-refractivity contribution is 7.87. The van der Waals surface area contributed by atoms with Crippen molar-refractivity contribution in [2.24, 2.45) is 11.1 Å². The van der Waals surface area contributed by atoms with Crippen LogP contribution in [0.3, 0.4) is 0 Å². The van der Waals surface area contributed by atoms with E-state index < -0.39 is 10.2 Å². The first-order chi connectivity index (χ1) is 12.9. The summed E-state index contributed by atoms with van der Waals surface area (Å²) in [5.41, 5.74) is 1.15. The molecule has 0 amide bonds. The average molecular weight is 393 g/mol. The van der Waals surface area contributed by atoms with E-state index >= 15 is 0 Å². The van der Waals surface area contributed by atoms with Gasteiger partial charge in [-0.3, -0.25) is 4.79 Å². The minimum absolute atomic E-state index is 0.353. The molecule has 1 aromatic heterocycles. The van der Waals surface area contributed by atoms with Crippen molar-refractivity contribution >= 4 is 33.2 Å². The summed E-state index contributed by atoms with van der Waals surface area (Å²) in [4.78, 5) is 22.1. The van der Waals surface area contributed by atoms with Crippen LogP contribution in [0.5, 0.6) is 5.75 Å². The lowest BCUT2D eigenvalue weighted by molar-refractivity contribution is 0.112. The van der Waals surface area contributed by atoms with Crippen LogP contribution >= 0.6 is 0 Å². The molecule has 0 bridgehead atoms. The van der Waals surface area contributed by atoms with Gasteiger partial charge in [0.05, 0.1) is 18.2 Å². The van der Waals surface area contributed by atoms with Crippen LogP contribution in [-0.4, -0.2) is 51.4 Å². The summed E-state index contributed by atoms with van der Waals surface area (Å²) >= 11 is 0. The van der Waals surface area contributed by atoms with Gasteiger partial charge >= 0.3 is 0 Å². The molecule has 2 aromatic rings. The van der Waals surface area contributed by atoms with Crippen LogP contribution in [0.2, 0.25) is 0 Å². The van der Waals surface area contributed by atoms with Crippen LogP contribution < -0.4 is 19.5 Å². The molecule has 0 saturated carbocycles. The second kappa shape index (κ2) is 8.15. The van der Waals surface area contributed by atoms with E-state index in [0.29, 0.717) is 29.3 Å². The lowest BCUT2D eigenvalue weighted by Crippen LogP contribution is -2.37. The summed E-state index contributed by atoms with van der Waals surface area (Å²) in [6.45, 7) is 1.97. The third-order valence-electron chi connectivity index (χ3n) is 4.86. The number of fused-ring (bicyclic) bond motifs is 1. The van der Waals surface area contributed by atoms with Gasteiger partial charge in [-0.25, -0.2) is 19.8 Å². The number of carbonyl (C=O) groups excluding carboxylic acids is 1. The number of piperidine rings is 1. The van der Waals surface area contributed by atoms with Crippen LogP contribution in [0, 0.1) is 5.92 Å². The third-order valence-corrected chi connectivity index (χ3v) is 5.47. The number of anilines is 1. The molecule has 1 saturated heterocycles. The van der Waals surface area contributed by atoms with E-state index in [-0.39, 0.29) is 0 Å². The zero-order valence-electron chi connectivity index (χ0n) is 15.1. The SMILES string of the molecule is COc1cc2c(N3CCC(CCNS(N)(=O)=O)CC3)ncnc2cc1C=O. The molecule has 27 heavy (non-hydrogen) atoms. The van der Waals surface area contributed by atoms with Gasteiger partial charge in [-0.15, -0.1) is 0 Å². The van der Waals surface area contributed by atoms with E-state index in [1.54, 1.807) is 12.1 Å². The first-order valence-electron chi connectivity index (χ1n) is 8.71. The number of nitrogens with two attached hydrogens (primary N) is 1. The molecule has 1 aliphatic heterocycles. The molecule has 0 spiro atoms. The fraction of sp³-hybridized carbons (Fsp3) is 0.471. The van der Waals surface area contributed by atoms with Gasteiger partial charge in [-0.1, -0.05) is 0 Å². The first-order valence-corrected chi connectivity index (χ1v) is 10.3. The molecule has 3 rings (SSSR count). The van der Waals surface area contributed by atoms with Crippen molar-refractivity contribution in [3.63, 3.8) is 0 Å². The van der Waals surface area contributed by atoms with Crippen LogP contribution in [-0.2, 0) is 10.2 Å². The molecular formula is C17H23N5O4S. The molecule has 9 nitrogen and oxygen atoms in total. The standard InChI is InChI=1S/C17H23N5O4S/c1-26-16-9-14-15(8-13(16)10-23)19-11-20-17(14)22-6-3-12(4-7-22)2-5-21-27(18,24)25/h8-12,21H,2-7H2,1H3,(H2,18,24,25). The smallest absolute Gasteiger partial charge is 0.274 e. The monoisotopic (exact) mass is 393 g/mol. The van der Waals surface area contributed by atoms with Crippen molar-refractivity contribution in [1.82, 2.24) is 14.7 Å². The summed E-state index contributed by atoms with van der Waals surface area (Å²) in [6.07, 6.45) is 4.87. The number of rotatable bonds is 7. The normalized spacial score (nSPS) is 15.9. The van der Waals surface area contributed by atoms with Crippen molar-refractivity contribution in [1.29, 1.82) is 0 Å². The molecule has 3 N–H and O–H groups in total. The fourth-order valence-corrected chi connectivity index (χ4v) is 3.85. The highest BCUT2D eigenvalue weighted by atomic mass is 32.2. The second-order valence-electron chi connectivity index (χ2n) is 6.58. The van der Waals surface area contributed by atoms with E-state index in [1.807, 2.05) is 0 Å². The molecule has 1 fully saturated rings. The zero-order valence-corrected chi connectivity index (χ0v) is 15.9. The van der Waals surface area contributed by atoms with Gasteiger partial charge in [0.25, 0.3) is 10.2 Å². The van der Waals surface area contributed by atoms with E-state index in [2.05, 4.69) is 19.6 Å². The van der Waals surface area contributed by atoms with Crippen molar-refractivity contribution in [2.75, 3.05) is 31.6 Å². The molecule has 1 aromatic carbocycles. The maximum Gasteiger partial charge on any atom is 0.274 e. The second-order valence-corrected chi connectivity index (χ2v) is 7.96. The first kappa shape index (κ1) is 19.5. The quantitative estimate of drug-likeness (QED) is 0.668. The topological polar surface area (TPSA) is 128 Å². The molecule has 2 heterocycles. The van der Waals surface area contributed by atoms with Crippen LogP contribution in [0.4, 0.5) is 5.82 Å². The van der Waals surface area contributed by atoms with Gasteiger partial charge in [-0.2, -0.15) is 8.42 Å². The average Bonchev–Trinajstić information content (AvgIpc) is 2.66. The molecule has 0 radical (unpaired) electrons. The Kier molecular flexibility index (Phi) is 5.88. The molecule has 0 aliphatic carbocycles. The number of aromatic nitrogens is 2. The highest BCUT2D eigenvalue weighted by Gasteiger charge is 2.22. The fourth-order valence-electron chi connectivity index (χ4n) is 3.45. The Bertz CT molecular complexity index is 926. The van der Waals surface area contributed by atoms with Crippen molar-refractivity contribution < 1.29 is 17.9 Å². The number of nitrogens with zero attached hydrogens (tertiary/aromatic N) is 3. The number of nitrogens with one attached hydrogen (secondary N) is 1. The molecule has 1 aliphatic rings. The van der Waals surface area contributed by atoms with E-state index in [0.717, 1.165) is 49.8 Å². The number of benzene rings is 1. The van der Waals surface area contributed by atoms with Crippen LogP contribution in [0.1, 0.15) is 29.6 Å². The van der Waals surface area contributed by atoms with Crippen molar-refractivity contribution in [3.8, 4) is 5.75 Å². The minimum Gasteiger partial charge on any atom is -0.496 e. The summed E-state index contributed by atoms with van der Waals surface area (Å²) in [6, 6.07) is 3.51. The van der Waals surface area contributed by atoms with Crippen LogP contribution in [0.15, 0.2) is 18.5 Å². The molecular weight excluding hydrogens is 370 g/mol. The molecule has 146 valence electrons. The Balaban J connectivity index is 1.72. The van der Waals surface area contributed by atoms with Gasteiger partial charge in [-0.05, 0) is 37.3 Å². The Labute approximate surface area is 158 Å². The minimum atomic E-state index is -3.63. The maximum atomic E-state index is 11.2. The van der Waals surface area contributed by atoms with Gasteiger partial charge in [0, 0.05) is 25.0 Å². The number of ether oxygens (including phenoxy) is 1. The summed E-state index contributed by atoms with van der Waals surface area (Å²) in [5.74, 6) is 1.74. The summed E-state index contributed by atoms with van der Waals surface area (Å²) < 4.78 is 29.5. The van der Waals surface area contributed by atoms with E-state index in [9.17, 15) is 13.2 Å². The lowest BCUT2D eigenvalue weighted by Gasteiger charge is -2.33.